The van der Waals surface area contributed by atoms with Gasteiger partial charge < -0.3 is 15.4 Å². The van der Waals surface area contributed by atoms with Crippen LogP contribution in [0, 0.1) is 0 Å². The minimum Gasteiger partial charge on any atom is -0.463 e. The summed E-state index contributed by atoms with van der Waals surface area (Å²) in [5, 5.41) is 6.93. The number of esters is 1. The molecule has 6 nitrogen and oxygen atoms in total. The van der Waals surface area contributed by atoms with Gasteiger partial charge in [-0.15, -0.1) is 0 Å². The van der Waals surface area contributed by atoms with E-state index in [2.05, 4.69) is 10.6 Å². The van der Waals surface area contributed by atoms with Crippen LogP contribution < -0.4 is 10.6 Å². The number of hydrogen-bond donors (Lipinski definition) is 2. The average molecular weight is 597 g/mol. The van der Waals surface area contributed by atoms with Crippen LogP contribution in [0.4, 0.5) is 5.69 Å². The zero-order valence-corrected chi connectivity index (χ0v) is 25.2. The Kier molecular flexibility index (Phi) is 10.3. The molecule has 1 unspecified atom stereocenters. The summed E-state index contributed by atoms with van der Waals surface area (Å²) in [6, 6.07) is 43.6. The molecule has 0 aliphatic heterocycles. The molecule has 0 amide bonds. The van der Waals surface area contributed by atoms with Crippen LogP contribution in [0.25, 0.3) is 11.1 Å². The van der Waals surface area contributed by atoms with Crippen molar-refractivity contribution in [3.05, 3.63) is 162 Å². The van der Waals surface area contributed by atoms with E-state index in [4.69, 9.17) is 4.74 Å². The van der Waals surface area contributed by atoms with Crippen LogP contribution in [0.2, 0.25) is 0 Å². The highest BCUT2D eigenvalue weighted by Gasteiger charge is 2.35. The van der Waals surface area contributed by atoms with Gasteiger partial charge in [-0.05, 0) is 28.8 Å². The summed E-state index contributed by atoms with van der Waals surface area (Å²) in [5.74, 6) is -0.546. The lowest BCUT2D eigenvalue weighted by Crippen LogP contribution is -2.50. The van der Waals surface area contributed by atoms with Crippen LogP contribution in [-0.4, -0.2) is 37.2 Å². The monoisotopic (exact) mass is 596 g/mol. The van der Waals surface area contributed by atoms with Gasteiger partial charge in [0.2, 0.25) is 0 Å². The van der Waals surface area contributed by atoms with Crippen molar-refractivity contribution >= 4 is 23.2 Å². The lowest BCUT2D eigenvalue weighted by Gasteiger charge is -2.37. The van der Waals surface area contributed by atoms with Crippen molar-refractivity contribution in [1.82, 2.24) is 5.32 Å². The Morgan fingerprint density at radius 2 is 1.20 bits per heavy atom. The first-order valence-electron chi connectivity index (χ1n) is 15.1. The van der Waals surface area contributed by atoms with E-state index < -0.39 is 5.54 Å². The molecule has 0 fully saturated rings. The molecule has 0 aliphatic carbocycles. The zero-order chi connectivity index (χ0) is 31.5. The predicted molar refractivity (Wildman–Crippen MR) is 178 cm³/mol. The molecule has 5 aromatic carbocycles. The van der Waals surface area contributed by atoms with Crippen molar-refractivity contribution in [3.8, 4) is 11.1 Å². The SMILES string of the molecule is CCC(=O)OCC(CNCC(=O)c1ccccc1)(Nc1ccccc1C(=O)c1ccccc1)c1ccc(-c2ccccc2)cc1. The van der Waals surface area contributed by atoms with Gasteiger partial charge >= 0.3 is 5.97 Å². The van der Waals surface area contributed by atoms with E-state index in [0.29, 0.717) is 22.4 Å². The Morgan fingerprint density at radius 1 is 0.644 bits per heavy atom. The van der Waals surface area contributed by atoms with Crippen molar-refractivity contribution < 1.29 is 19.1 Å². The largest absolute Gasteiger partial charge is 0.463 e. The highest BCUT2D eigenvalue weighted by molar-refractivity contribution is 6.12. The highest BCUT2D eigenvalue weighted by atomic mass is 16.5. The maximum absolute atomic E-state index is 13.7. The summed E-state index contributed by atoms with van der Waals surface area (Å²) >= 11 is 0. The second-order valence-electron chi connectivity index (χ2n) is 10.8. The van der Waals surface area contributed by atoms with Crippen LogP contribution in [0.15, 0.2) is 140 Å². The molecule has 1 atom stereocenters. The first kappa shape index (κ1) is 31.1. The number of ether oxygens (including phenoxy) is 1. The van der Waals surface area contributed by atoms with E-state index in [1.165, 1.54) is 0 Å². The van der Waals surface area contributed by atoms with E-state index >= 15 is 0 Å². The summed E-state index contributed by atoms with van der Waals surface area (Å²) in [6.07, 6.45) is 0.214. The Bertz CT molecular complexity index is 1720. The van der Waals surface area contributed by atoms with Crippen molar-refractivity contribution in [3.63, 3.8) is 0 Å². The number of ketones is 2. The predicted octanol–water partition coefficient (Wildman–Crippen LogP) is 7.32. The molecular weight excluding hydrogens is 560 g/mol. The molecule has 6 heteroatoms. The fraction of sp³-hybridized carbons (Fsp3) is 0.154. The van der Waals surface area contributed by atoms with Crippen LogP contribution in [0.3, 0.4) is 0 Å². The summed E-state index contributed by atoms with van der Waals surface area (Å²) in [6.45, 7) is 2.00. The topological polar surface area (TPSA) is 84.5 Å². The fourth-order valence-corrected chi connectivity index (χ4v) is 5.22. The molecule has 45 heavy (non-hydrogen) atoms. The number of carbonyl (C=O) groups is 3. The first-order valence-corrected chi connectivity index (χ1v) is 15.1. The minimum absolute atomic E-state index is 0.0370. The molecule has 0 saturated heterocycles. The van der Waals surface area contributed by atoms with E-state index in [-0.39, 0.29) is 43.7 Å². The smallest absolute Gasteiger partial charge is 0.305 e. The van der Waals surface area contributed by atoms with Gasteiger partial charge in [0.1, 0.15) is 12.1 Å². The molecule has 0 aromatic heterocycles. The van der Waals surface area contributed by atoms with E-state index in [1.807, 2.05) is 109 Å². The second kappa shape index (κ2) is 14.9. The van der Waals surface area contributed by atoms with Gasteiger partial charge in [-0.3, -0.25) is 14.4 Å². The molecule has 0 aliphatic rings. The summed E-state index contributed by atoms with van der Waals surface area (Å²) < 4.78 is 5.81. The Hall–Kier alpha value is -5.33. The number of hydrogen-bond acceptors (Lipinski definition) is 6. The maximum Gasteiger partial charge on any atom is 0.305 e. The van der Waals surface area contributed by atoms with Crippen molar-refractivity contribution in [2.45, 2.75) is 18.9 Å². The van der Waals surface area contributed by atoms with Gasteiger partial charge in [0.25, 0.3) is 0 Å². The summed E-state index contributed by atoms with van der Waals surface area (Å²) in [7, 11) is 0. The number of nitrogens with one attached hydrogen (secondary N) is 2. The van der Waals surface area contributed by atoms with Gasteiger partial charge in [0.05, 0.1) is 6.54 Å². The number of rotatable bonds is 14. The van der Waals surface area contributed by atoms with Crippen molar-refractivity contribution in [2.75, 3.05) is 25.0 Å². The van der Waals surface area contributed by atoms with E-state index in [1.54, 1.807) is 37.3 Å². The van der Waals surface area contributed by atoms with Crippen LogP contribution in [0.5, 0.6) is 0 Å². The molecule has 0 radical (unpaired) electrons. The number of carbonyl (C=O) groups excluding carboxylic acids is 3. The molecule has 0 saturated carbocycles. The number of anilines is 1. The number of Topliss-reactive ketones (excluding diaryl/α,β-unsaturated/α-hetero) is 1. The molecule has 2 N–H and O–H groups in total. The molecule has 226 valence electrons. The normalized spacial score (nSPS) is 12.1. The lowest BCUT2D eigenvalue weighted by molar-refractivity contribution is -0.144. The minimum atomic E-state index is -1.04. The third-order valence-corrected chi connectivity index (χ3v) is 7.70. The van der Waals surface area contributed by atoms with E-state index in [0.717, 1.165) is 16.7 Å². The summed E-state index contributed by atoms with van der Waals surface area (Å²) in [5.41, 5.74) is 4.13. The standard InChI is InChI=1S/C39H36N2O4/c1-2-37(43)45-28-39(27-40-26-36(42)31-16-8-4-9-17-31,33-24-22-30(23-25-33)29-14-6-3-7-15-29)41-35-21-13-12-20-34(35)38(44)32-18-10-5-11-19-32/h3-25,40-41H,2,26-28H2,1H3. The quantitative estimate of drug-likeness (QED) is 0.103. The number of para-hydroxylation sites is 1. The first-order chi connectivity index (χ1) is 22.0. The van der Waals surface area contributed by atoms with Crippen molar-refractivity contribution in [2.24, 2.45) is 0 Å². The average Bonchev–Trinajstić information content (AvgIpc) is 3.11. The molecular formula is C39H36N2O4. The molecule has 5 rings (SSSR count). The molecule has 0 heterocycles. The molecule has 0 spiro atoms. The van der Waals surface area contributed by atoms with Crippen LogP contribution in [-0.2, 0) is 15.1 Å². The van der Waals surface area contributed by atoms with Gasteiger partial charge in [-0.1, -0.05) is 134 Å². The third kappa shape index (κ3) is 7.80. The van der Waals surface area contributed by atoms with Crippen molar-refractivity contribution in [1.29, 1.82) is 0 Å². The van der Waals surface area contributed by atoms with Gasteiger partial charge in [-0.2, -0.15) is 0 Å². The highest BCUT2D eigenvalue weighted by Crippen LogP contribution is 2.32. The fourth-order valence-electron chi connectivity index (χ4n) is 5.22. The van der Waals surface area contributed by atoms with Gasteiger partial charge in [0.15, 0.2) is 11.6 Å². The summed E-state index contributed by atoms with van der Waals surface area (Å²) in [4.78, 5) is 39.2. The van der Waals surface area contributed by atoms with Crippen LogP contribution >= 0.6 is 0 Å². The maximum atomic E-state index is 13.7. The Balaban J connectivity index is 1.54. The molecule has 0 bridgehead atoms. The lowest BCUT2D eigenvalue weighted by atomic mass is 9.87. The molecule has 5 aromatic rings. The number of benzene rings is 5. The van der Waals surface area contributed by atoms with Crippen LogP contribution in [0.1, 0.15) is 45.2 Å². The van der Waals surface area contributed by atoms with Gasteiger partial charge in [-0.25, -0.2) is 0 Å². The Labute approximate surface area is 264 Å². The zero-order valence-electron chi connectivity index (χ0n) is 25.2. The third-order valence-electron chi connectivity index (χ3n) is 7.70. The van der Waals surface area contributed by atoms with Gasteiger partial charge in [0, 0.05) is 35.3 Å². The van der Waals surface area contributed by atoms with E-state index in [9.17, 15) is 14.4 Å². The Morgan fingerprint density at radius 3 is 1.84 bits per heavy atom. The second-order valence-corrected chi connectivity index (χ2v) is 10.8.